The molecule has 0 saturated carbocycles. The molecule has 0 spiro atoms. The van der Waals surface area contributed by atoms with E-state index in [1.54, 1.807) is 51.1 Å². The van der Waals surface area contributed by atoms with Crippen molar-refractivity contribution < 1.29 is 23.9 Å². The molecule has 39 heavy (non-hydrogen) atoms. The fraction of sp³-hybridized carbons (Fsp3) is 0.194. The number of amides is 2. The highest BCUT2D eigenvalue weighted by molar-refractivity contribution is 7.14. The van der Waals surface area contributed by atoms with Gasteiger partial charge in [0.05, 0.1) is 4.88 Å². The molecular formula is C31H30N2O5S. The third-order valence-electron chi connectivity index (χ3n) is 5.53. The highest BCUT2D eigenvalue weighted by Crippen LogP contribution is 2.36. The molecule has 8 heteroatoms. The Bertz CT molecular complexity index is 1370. The van der Waals surface area contributed by atoms with E-state index in [2.05, 4.69) is 34.9 Å². The van der Waals surface area contributed by atoms with E-state index in [1.807, 2.05) is 42.5 Å². The van der Waals surface area contributed by atoms with E-state index < -0.39 is 17.7 Å². The lowest BCUT2D eigenvalue weighted by Gasteiger charge is -2.19. The van der Waals surface area contributed by atoms with Crippen LogP contribution < -0.4 is 15.4 Å². The van der Waals surface area contributed by atoms with Gasteiger partial charge in [-0.3, -0.25) is 10.1 Å². The van der Waals surface area contributed by atoms with Crippen molar-refractivity contribution in [3.63, 3.8) is 0 Å². The number of nitrogens with one attached hydrogen (secondary N) is 2. The number of carbonyl (C=O) groups excluding carboxylic acids is 3. The lowest BCUT2D eigenvalue weighted by Crippen LogP contribution is -2.31. The first-order valence-corrected chi connectivity index (χ1v) is 13.3. The summed E-state index contributed by atoms with van der Waals surface area (Å²) < 4.78 is 10.5. The molecular weight excluding hydrogens is 512 g/mol. The van der Waals surface area contributed by atoms with Crippen molar-refractivity contribution in [2.24, 2.45) is 0 Å². The summed E-state index contributed by atoms with van der Waals surface area (Å²) in [5, 5.41) is 5.24. The summed E-state index contributed by atoms with van der Waals surface area (Å²) in [7, 11) is 0. The number of carbonyl (C=O) groups is 3. The Labute approximate surface area is 231 Å². The van der Waals surface area contributed by atoms with Gasteiger partial charge >= 0.3 is 12.1 Å². The molecule has 0 bridgehead atoms. The van der Waals surface area contributed by atoms with E-state index in [-0.39, 0.29) is 24.1 Å². The van der Waals surface area contributed by atoms with Crippen LogP contribution in [0.15, 0.2) is 97.1 Å². The average Bonchev–Trinajstić information content (AvgIpc) is 3.38. The molecule has 2 amide bonds. The van der Waals surface area contributed by atoms with Gasteiger partial charge in [0.1, 0.15) is 17.9 Å². The summed E-state index contributed by atoms with van der Waals surface area (Å²) >= 11 is 1.40. The zero-order valence-electron chi connectivity index (χ0n) is 22.0. The van der Waals surface area contributed by atoms with Crippen molar-refractivity contribution in [3.05, 3.63) is 118 Å². The van der Waals surface area contributed by atoms with Crippen LogP contribution in [0, 0.1) is 0 Å². The molecule has 4 rings (SSSR count). The minimum atomic E-state index is -0.612. The normalized spacial score (nSPS) is 11.1. The molecule has 0 saturated heterocycles. The second-order valence-electron chi connectivity index (χ2n) is 9.76. The molecule has 7 nitrogen and oxygen atoms in total. The SMILES string of the molecule is CC(C)(C)OC(=O)Nc1ccc(OC(=O)CNC(=O)c2ccc(C(c3ccccc3)c3ccccc3)s2)cc1. The third kappa shape index (κ3) is 8.02. The number of hydrogen-bond acceptors (Lipinski definition) is 6. The first-order valence-electron chi connectivity index (χ1n) is 12.5. The topological polar surface area (TPSA) is 93.7 Å². The van der Waals surface area contributed by atoms with Gasteiger partial charge in [0, 0.05) is 16.5 Å². The van der Waals surface area contributed by atoms with Gasteiger partial charge in [-0.05, 0) is 68.3 Å². The second-order valence-corrected chi connectivity index (χ2v) is 10.9. The minimum Gasteiger partial charge on any atom is -0.444 e. The smallest absolute Gasteiger partial charge is 0.412 e. The molecule has 1 aromatic heterocycles. The predicted molar refractivity (Wildman–Crippen MR) is 152 cm³/mol. The highest BCUT2D eigenvalue weighted by atomic mass is 32.1. The third-order valence-corrected chi connectivity index (χ3v) is 6.67. The quantitative estimate of drug-likeness (QED) is 0.193. The van der Waals surface area contributed by atoms with E-state index in [4.69, 9.17) is 9.47 Å². The summed E-state index contributed by atoms with van der Waals surface area (Å²) in [4.78, 5) is 38.5. The first-order chi connectivity index (χ1) is 18.7. The Morgan fingerprint density at radius 2 is 1.38 bits per heavy atom. The van der Waals surface area contributed by atoms with Crippen molar-refractivity contribution in [1.29, 1.82) is 0 Å². The average molecular weight is 543 g/mol. The van der Waals surface area contributed by atoms with E-state index >= 15 is 0 Å². The number of anilines is 1. The van der Waals surface area contributed by atoms with E-state index in [1.165, 1.54) is 11.3 Å². The van der Waals surface area contributed by atoms with Crippen LogP contribution in [0.4, 0.5) is 10.5 Å². The molecule has 0 unspecified atom stereocenters. The Morgan fingerprint density at radius 1 is 0.795 bits per heavy atom. The Balaban J connectivity index is 1.33. The van der Waals surface area contributed by atoms with Crippen molar-refractivity contribution in [2.75, 3.05) is 11.9 Å². The number of esters is 1. The van der Waals surface area contributed by atoms with Gasteiger partial charge in [0.2, 0.25) is 0 Å². The molecule has 0 radical (unpaired) electrons. The van der Waals surface area contributed by atoms with Crippen LogP contribution in [0.25, 0.3) is 0 Å². The fourth-order valence-corrected chi connectivity index (χ4v) is 4.96. The molecule has 1 heterocycles. The number of ether oxygens (including phenoxy) is 2. The van der Waals surface area contributed by atoms with Crippen LogP contribution in [0.2, 0.25) is 0 Å². The van der Waals surface area contributed by atoms with Crippen molar-refractivity contribution in [3.8, 4) is 5.75 Å². The van der Waals surface area contributed by atoms with Crippen molar-refractivity contribution >= 4 is 35.0 Å². The van der Waals surface area contributed by atoms with Crippen molar-refractivity contribution in [2.45, 2.75) is 32.3 Å². The zero-order valence-corrected chi connectivity index (χ0v) is 22.8. The number of benzene rings is 3. The number of rotatable bonds is 8. The van der Waals surface area contributed by atoms with Gasteiger partial charge in [-0.2, -0.15) is 0 Å². The highest BCUT2D eigenvalue weighted by Gasteiger charge is 2.21. The molecule has 0 fully saturated rings. The zero-order chi connectivity index (χ0) is 27.8. The molecule has 2 N–H and O–H groups in total. The molecule has 0 aliphatic heterocycles. The lowest BCUT2D eigenvalue weighted by atomic mass is 9.90. The lowest BCUT2D eigenvalue weighted by molar-refractivity contribution is -0.133. The Kier molecular flexibility index (Phi) is 8.78. The maximum absolute atomic E-state index is 12.8. The van der Waals surface area contributed by atoms with E-state index in [0.29, 0.717) is 10.6 Å². The van der Waals surface area contributed by atoms with Gasteiger partial charge in [0.15, 0.2) is 0 Å². The molecule has 4 aromatic rings. The van der Waals surface area contributed by atoms with Crippen LogP contribution in [0.1, 0.15) is 52.4 Å². The molecule has 0 aliphatic carbocycles. The Morgan fingerprint density at radius 3 is 1.95 bits per heavy atom. The summed E-state index contributed by atoms with van der Waals surface area (Å²) in [6.07, 6.45) is -0.578. The monoisotopic (exact) mass is 542 g/mol. The second kappa shape index (κ2) is 12.4. The predicted octanol–water partition coefficient (Wildman–Crippen LogP) is 6.61. The van der Waals surface area contributed by atoms with Crippen LogP contribution in [0.5, 0.6) is 5.75 Å². The van der Waals surface area contributed by atoms with Crippen LogP contribution in [0.3, 0.4) is 0 Å². The van der Waals surface area contributed by atoms with Gasteiger partial charge in [-0.1, -0.05) is 60.7 Å². The number of hydrogen-bond donors (Lipinski definition) is 2. The fourth-order valence-electron chi connectivity index (χ4n) is 3.88. The van der Waals surface area contributed by atoms with Crippen molar-refractivity contribution in [1.82, 2.24) is 5.32 Å². The maximum atomic E-state index is 12.8. The number of thiophene rings is 1. The van der Waals surface area contributed by atoms with E-state index in [9.17, 15) is 14.4 Å². The largest absolute Gasteiger partial charge is 0.444 e. The minimum absolute atomic E-state index is 0.00306. The molecule has 200 valence electrons. The van der Waals surface area contributed by atoms with E-state index in [0.717, 1.165) is 16.0 Å². The van der Waals surface area contributed by atoms with Gasteiger partial charge in [-0.25, -0.2) is 9.59 Å². The summed E-state index contributed by atoms with van der Waals surface area (Å²) in [6, 6.07) is 30.3. The first kappa shape index (κ1) is 27.6. The standard InChI is InChI=1S/C31H30N2O5S/c1-31(2,3)38-30(36)33-23-14-16-24(17-15-23)37-27(34)20-32-29(35)26-19-18-25(39-26)28(21-10-6-4-7-11-21)22-12-8-5-9-13-22/h4-19,28H,20H2,1-3H3,(H,32,35)(H,33,36). The summed E-state index contributed by atoms with van der Waals surface area (Å²) in [5.74, 6) is -0.674. The molecule has 0 atom stereocenters. The van der Waals surface area contributed by atoms with Crippen LogP contribution in [-0.2, 0) is 9.53 Å². The molecule has 0 aliphatic rings. The maximum Gasteiger partial charge on any atom is 0.412 e. The van der Waals surface area contributed by atoms with Gasteiger partial charge < -0.3 is 14.8 Å². The van der Waals surface area contributed by atoms with Gasteiger partial charge in [0.25, 0.3) is 5.91 Å². The summed E-state index contributed by atoms with van der Waals surface area (Å²) in [6.45, 7) is 5.04. The summed E-state index contributed by atoms with van der Waals surface area (Å²) in [5.41, 5.74) is 2.15. The van der Waals surface area contributed by atoms with Crippen LogP contribution >= 0.6 is 11.3 Å². The molecule has 3 aromatic carbocycles. The van der Waals surface area contributed by atoms with Gasteiger partial charge in [-0.15, -0.1) is 11.3 Å². The Hall–Kier alpha value is -4.43. The van der Waals surface area contributed by atoms with Crippen LogP contribution in [-0.4, -0.2) is 30.1 Å².